The van der Waals surface area contributed by atoms with Crippen molar-refractivity contribution in [2.75, 3.05) is 29.5 Å². The van der Waals surface area contributed by atoms with Gasteiger partial charge in [-0.05, 0) is 25.1 Å². The normalized spacial score (nSPS) is 10.1. The molecule has 1 heterocycles. The zero-order valence-corrected chi connectivity index (χ0v) is 10.6. The molecule has 18 heavy (non-hydrogen) atoms. The van der Waals surface area contributed by atoms with Crippen LogP contribution in [-0.4, -0.2) is 23.6 Å². The third kappa shape index (κ3) is 2.88. The maximum absolute atomic E-state index is 5.73. The summed E-state index contributed by atoms with van der Waals surface area (Å²) in [5.74, 6) is 1.64. The molecule has 1 aromatic carbocycles. The lowest BCUT2D eigenvalue weighted by Gasteiger charge is -2.16. The maximum atomic E-state index is 5.73. The van der Waals surface area contributed by atoms with Gasteiger partial charge in [0, 0.05) is 31.0 Å². The number of nitrogens with zero attached hydrogens (tertiary/aromatic N) is 3. The third-order valence-corrected chi connectivity index (χ3v) is 2.68. The molecule has 0 aliphatic heterocycles. The van der Waals surface area contributed by atoms with E-state index in [0.29, 0.717) is 0 Å². The van der Waals surface area contributed by atoms with E-state index in [9.17, 15) is 0 Å². The highest BCUT2D eigenvalue weighted by atomic mass is 15.2. The molecule has 1 aromatic heterocycles. The van der Waals surface area contributed by atoms with E-state index in [1.165, 1.54) is 0 Å². The quantitative estimate of drug-likeness (QED) is 0.806. The Morgan fingerprint density at radius 2 is 2.11 bits per heavy atom. The van der Waals surface area contributed by atoms with Gasteiger partial charge in [0.15, 0.2) is 0 Å². The lowest BCUT2D eigenvalue weighted by molar-refractivity contribution is 0.930. The van der Waals surface area contributed by atoms with E-state index in [1.807, 2.05) is 42.3 Å². The zero-order chi connectivity index (χ0) is 13.0. The lowest BCUT2D eigenvalue weighted by Crippen LogP contribution is -2.17. The monoisotopic (exact) mass is 243 g/mol. The Kier molecular flexibility index (Phi) is 3.62. The standard InChI is InChI=1S/C13H17N5/c1-3-18(2)13-8-12(15-9-16-13)17-11-6-4-5-10(14)7-11/h4-9H,3,14H2,1-2H3,(H,15,16,17). The minimum absolute atomic E-state index is 0.722. The van der Waals surface area contributed by atoms with Crippen LogP contribution in [0.4, 0.5) is 23.0 Å². The number of hydrogen-bond donors (Lipinski definition) is 2. The summed E-state index contributed by atoms with van der Waals surface area (Å²) < 4.78 is 0. The number of nitrogen functional groups attached to an aromatic ring is 1. The molecule has 0 bridgehead atoms. The molecule has 94 valence electrons. The summed E-state index contributed by atoms with van der Waals surface area (Å²) in [7, 11) is 1.99. The SMILES string of the molecule is CCN(C)c1cc(Nc2cccc(N)c2)ncn1. The molecule has 0 fully saturated rings. The van der Waals surface area contributed by atoms with E-state index in [2.05, 4.69) is 22.2 Å². The second-order valence-corrected chi connectivity index (χ2v) is 4.03. The molecule has 2 aromatic rings. The number of nitrogens with two attached hydrogens (primary N) is 1. The molecule has 0 unspecified atom stereocenters. The van der Waals surface area contributed by atoms with Crippen LogP contribution in [0.1, 0.15) is 6.92 Å². The predicted octanol–water partition coefficient (Wildman–Crippen LogP) is 2.26. The first kappa shape index (κ1) is 12.2. The molecule has 0 radical (unpaired) electrons. The molecule has 0 aliphatic rings. The summed E-state index contributed by atoms with van der Waals surface area (Å²) in [6.45, 7) is 2.97. The number of anilines is 4. The van der Waals surface area contributed by atoms with Crippen LogP contribution in [0.2, 0.25) is 0 Å². The van der Waals surface area contributed by atoms with Gasteiger partial charge in [0.1, 0.15) is 18.0 Å². The van der Waals surface area contributed by atoms with Crippen molar-refractivity contribution in [1.29, 1.82) is 0 Å². The van der Waals surface area contributed by atoms with E-state index in [4.69, 9.17) is 5.73 Å². The molecule has 5 heteroatoms. The molecule has 0 saturated heterocycles. The van der Waals surface area contributed by atoms with Crippen LogP contribution in [-0.2, 0) is 0 Å². The van der Waals surface area contributed by atoms with Crippen LogP contribution in [0.5, 0.6) is 0 Å². The Labute approximate surface area is 107 Å². The first-order valence-electron chi connectivity index (χ1n) is 5.85. The van der Waals surface area contributed by atoms with Gasteiger partial charge in [-0.2, -0.15) is 0 Å². The van der Waals surface area contributed by atoms with E-state index in [1.54, 1.807) is 6.33 Å². The molecule has 3 N–H and O–H groups in total. The summed E-state index contributed by atoms with van der Waals surface area (Å²) in [4.78, 5) is 10.5. The van der Waals surface area contributed by atoms with Crippen molar-refractivity contribution in [1.82, 2.24) is 9.97 Å². The van der Waals surface area contributed by atoms with Crippen molar-refractivity contribution in [3.8, 4) is 0 Å². The summed E-state index contributed by atoms with van der Waals surface area (Å²) in [6, 6.07) is 9.47. The van der Waals surface area contributed by atoms with Gasteiger partial charge in [-0.15, -0.1) is 0 Å². The highest BCUT2D eigenvalue weighted by Crippen LogP contribution is 2.19. The van der Waals surface area contributed by atoms with Crippen molar-refractivity contribution < 1.29 is 0 Å². The van der Waals surface area contributed by atoms with Crippen LogP contribution in [0.3, 0.4) is 0 Å². The fraction of sp³-hybridized carbons (Fsp3) is 0.231. The van der Waals surface area contributed by atoms with Gasteiger partial charge in [-0.1, -0.05) is 6.07 Å². The Morgan fingerprint density at radius 3 is 2.83 bits per heavy atom. The molecule has 5 nitrogen and oxygen atoms in total. The van der Waals surface area contributed by atoms with Gasteiger partial charge >= 0.3 is 0 Å². The molecule has 0 saturated carbocycles. The summed E-state index contributed by atoms with van der Waals surface area (Å²) >= 11 is 0. The van der Waals surface area contributed by atoms with Crippen LogP contribution in [0, 0.1) is 0 Å². The van der Waals surface area contributed by atoms with E-state index < -0.39 is 0 Å². The molecule has 2 rings (SSSR count). The molecule has 0 amide bonds. The Bertz CT molecular complexity index is 526. The molecular weight excluding hydrogens is 226 g/mol. The van der Waals surface area contributed by atoms with Crippen molar-refractivity contribution >= 4 is 23.0 Å². The zero-order valence-electron chi connectivity index (χ0n) is 10.6. The minimum atomic E-state index is 0.722. The first-order chi connectivity index (χ1) is 8.69. The number of rotatable bonds is 4. The van der Waals surface area contributed by atoms with Crippen molar-refractivity contribution in [3.05, 3.63) is 36.7 Å². The van der Waals surface area contributed by atoms with Crippen molar-refractivity contribution in [2.24, 2.45) is 0 Å². The average molecular weight is 243 g/mol. The lowest BCUT2D eigenvalue weighted by atomic mass is 10.3. The highest BCUT2D eigenvalue weighted by molar-refractivity contribution is 5.62. The van der Waals surface area contributed by atoms with Gasteiger partial charge in [0.2, 0.25) is 0 Å². The smallest absolute Gasteiger partial charge is 0.135 e. The van der Waals surface area contributed by atoms with Crippen LogP contribution in [0.15, 0.2) is 36.7 Å². The summed E-state index contributed by atoms with van der Waals surface area (Å²) in [6.07, 6.45) is 1.55. The van der Waals surface area contributed by atoms with E-state index in [0.717, 1.165) is 29.6 Å². The maximum Gasteiger partial charge on any atom is 0.135 e. The Hall–Kier alpha value is -2.30. The number of hydrogen-bond acceptors (Lipinski definition) is 5. The molecule has 0 aliphatic carbocycles. The summed E-state index contributed by atoms with van der Waals surface area (Å²) in [5, 5.41) is 3.21. The number of benzene rings is 1. The number of nitrogens with one attached hydrogen (secondary N) is 1. The largest absolute Gasteiger partial charge is 0.399 e. The van der Waals surface area contributed by atoms with Gasteiger partial charge in [-0.25, -0.2) is 9.97 Å². The minimum Gasteiger partial charge on any atom is -0.399 e. The molecule has 0 spiro atoms. The van der Waals surface area contributed by atoms with Crippen LogP contribution >= 0.6 is 0 Å². The van der Waals surface area contributed by atoms with Crippen molar-refractivity contribution in [3.63, 3.8) is 0 Å². The van der Waals surface area contributed by atoms with Crippen LogP contribution < -0.4 is 16.0 Å². The second kappa shape index (κ2) is 5.35. The Morgan fingerprint density at radius 1 is 1.28 bits per heavy atom. The first-order valence-corrected chi connectivity index (χ1v) is 5.85. The molecule has 0 atom stereocenters. The fourth-order valence-electron chi connectivity index (χ4n) is 1.55. The molecular formula is C13H17N5. The summed E-state index contributed by atoms with van der Waals surface area (Å²) in [5.41, 5.74) is 7.37. The van der Waals surface area contributed by atoms with Gasteiger partial charge in [-0.3, -0.25) is 0 Å². The van der Waals surface area contributed by atoms with Crippen LogP contribution in [0.25, 0.3) is 0 Å². The Balaban J connectivity index is 2.19. The van der Waals surface area contributed by atoms with Gasteiger partial charge < -0.3 is 16.0 Å². The highest BCUT2D eigenvalue weighted by Gasteiger charge is 2.02. The predicted molar refractivity (Wildman–Crippen MR) is 75.1 cm³/mol. The van der Waals surface area contributed by atoms with Gasteiger partial charge in [0.25, 0.3) is 0 Å². The van der Waals surface area contributed by atoms with Gasteiger partial charge in [0.05, 0.1) is 0 Å². The fourth-order valence-corrected chi connectivity index (χ4v) is 1.55. The third-order valence-electron chi connectivity index (χ3n) is 2.68. The number of aromatic nitrogens is 2. The van der Waals surface area contributed by atoms with E-state index >= 15 is 0 Å². The second-order valence-electron chi connectivity index (χ2n) is 4.03. The van der Waals surface area contributed by atoms with Crippen molar-refractivity contribution in [2.45, 2.75) is 6.92 Å². The average Bonchev–Trinajstić information content (AvgIpc) is 2.38. The van der Waals surface area contributed by atoms with E-state index in [-0.39, 0.29) is 0 Å². The topological polar surface area (TPSA) is 67.1 Å².